The third-order valence-electron chi connectivity index (χ3n) is 5.94. The summed E-state index contributed by atoms with van der Waals surface area (Å²) in [6, 6.07) is 12.7. The number of aromatic nitrogens is 1. The molecule has 0 saturated heterocycles. The molecule has 1 heterocycles. The van der Waals surface area contributed by atoms with Crippen molar-refractivity contribution in [1.29, 1.82) is 5.26 Å². The lowest BCUT2D eigenvalue weighted by Crippen LogP contribution is -2.26. The van der Waals surface area contributed by atoms with E-state index in [1.165, 1.54) is 45.4 Å². The lowest BCUT2D eigenvalue weighted by Gasteiger charge is -2.21. The van der Waals surface area contributed by atoms with Crippen LogP contribution in [0.15, 0.2) is 59.5 Å². The summed E-state index contributed by atoms with van der Waals surface area (Å²) < 4.78 is 82.9. The Kier molecular flexibility index (Phi) is 8.41. The zero-order valence-electron chi connectivity index (χ0n) is 21.8. The quantitative estimate of drug-likeness (QED) is 0.255. The van der Waals surface area contributed by atoms with E-state index in [9.17, 15) is 26.4 Å². The SMILES string of the molecule is CCS(=O)(=O)c1ccc(C(Oc2ccc(C#N)cc2C(F)(F)F)C(=O)Nc2nc3cc(OC)c(OC)cc3s2)cc1. The number of benzene rings is 3. The molecule has 0 spiro atoms. The first-order chi connectivity index (χ1) is 19.4. The maximum atomic E-state index is 13.8. The number of nitrogens with one attached hydrogen (secondary N) is 1. The van der Waals surface area contributed by atoms with Crippen LogP contribution in [0.4, 0.5) is 18.3 Å². The number of fused-ring (bicyclic) bond motifs is 1. The van der Waals surface area contributed by atoms with Gasteiger partial charge in [0.15, 0.2) is 26.5 Å². The summed E-state index contributed by atoms with van der Waals surface area (Å²) in [6.45, 7) is 1.47. The maximum Gasteiger partial charge on any atom is 0.420 e. The van der Waals surface area contributed by atoms with Crippen molar-refractivity contribution in [3.63, 3.8) is 0 Å². The summed E-state index contributed by atoms with van der Waals surface area (Å²) in [6.07, 6.45) is -6.55. The first-order valence-corrected chi connectivity index (χ1v) is 14.3. The Bertz CT molecular complexity index is 1710. The number of rotatable bonds is 9. The molecule has 4 aromatic rings. The average Bonchev–Trinajstić information content (AvgIpc) is 3.35. The van der Waals surface area contributed by atoms with Crippen molar-refractivity contribution in [3.8, 4) is 23.3 Å². The largest absolute Gasteiger partial charge is 0.493 e. The number of methoxy groups -OCH3 is 2. The number of ether oxygens (including phenoxy) is 3. The molecule has 4 rings (SSSR count). The van der Waals surface area contributed by atoms with E-state index in [4.69, 9.17) is 19.5 Å². The van der Waals surface area contributed by atoms with E-state index in [1.807, 2.05) is 0 Å². The Labute approximate surface area is 237 Å². The molecule has 14 heteroatoms. The van der Waals surface area contributed by atoms with E-state index in [0.717, 1.165) is 23.5 Å². The fourth-order valence-corrected chi connectivity index (χ4v) is 5.58. The zero-order valence-corrected chi connectivity index (χ0v) is 23.4. The van der Waals surface area contributed by atoms with E-state index in [1.54, 1.807) is 18.2 Å². The minimum atomic E-state index is -4.90. The van der Waals surface area contributed by atoms with Crippen molar-refractivity contribution < 1.29 is 40.6 Å². The van der Waals surface area contributed by atoms with Crippen molar-refractivity contribution >= 4 is 42.4 Å². The van der Waals surface area contributed by atoms with Crippen LogP contribution in [0.25, 0.3) is 10.2 Å². The molecule has 0 aliphatic heterocycles. The number of hydrogen-bond donors (Lipinski definition) is 1. The number of amides is 1. The normalized spacial score (nSPS) is 12.4. The van der Waals surface area contributed by atoms with Crippen LogP contribution in [0.3, 0.4) is 0 Å². The summed E-state index contributed by atoms with van der Waals surface area (Å²) in [4.78, 5) is 17.8. The summed E-state index contributed by atoms with van der Waals surface area (Å²) in [5, 5.41) is 11.8. The van der Waals surface area contributed by atoms with Gasteiger partial charge in [-0.05, 0) is 30.3 Å². The van der Waals surface area contributed by atoms with Gasteiger partial charge in [0.1, 0.15) is 5.75 Å². The molecule has 0 radical (unpaired) electrons. The highest BCUT2D eigenvalue weighted by Crippen LogP contribution is 2.40. The fraction of sp³-hybridized carbons (Fsp3) is 0.222. The second-order valence-corrected chi connectivity index (χ2v) is 11.8. The molecule has 0 bridgehead atoms. The number of alkyl halides is 3. The first kappa shape index (κ1) is 29.6. The lowest BCUT2D eigenvalue weighted by molar-refractivity contribution is -0.140. The van der Waals surface area contributed by atoms with Gasteiger partial charge in [-0.2, -0.15) is 18.4 Å². The molecule has 1 N–H and O–H groups in total. The molecular weight excluding hydrogens is 583 g/mol. The van der Waals surface area contributed by atoms with E-state index in [0.29, 0.717) is 27.8 Å². The molecular formula is C27H22F3N3O6S2. The Morgan fingerprint density at radius 2 is 1.71 bits per heavy atom. The van der Waals surface area contributed by atoms with Crippen molar-refractivity contribution in [2.24, 2.45) is 0 Å². The molecule has 9 nitrogen and oxygen atoms in total. The first-order valence-electron chi connectivity index (χ1n) is 11.8. The fourth-order valence-electron chi connectivity index (χ4n) is 3.82. The third-order valence-corrected chi connectivity index (χ3v) is 8.63. The second kappa shape index (κ2) is 11.6. The van der Waals surface area contributed by atoms with E-state index < -0.39 is 39.3 Å². The Morgan fingerprint density at radius 1 is 1.05 bits per heavy atom. The van der Waals surface area contributed by atoms with Gasteiger partial charge in [-0.25, -0.2) is 13.4 Å². The third kappa shape index (κ3) is 6.36. The van der Waals surface area contributed by atoms with Crippen molar-refractivity contribution in [2.45, 2.75) is 24.1 Å². The maximum absolute atomic E-state index is 13.8. The number of nitrogens with zero attached hydrogens (tertiary/aromatic N) is 2. The molecule has 1 atom stereocenters. The summed E-state index contributed by atoms with van der Waals surface area (Å²) in [5.41, 5.74) is -0.945. The second-order valence-electron chi connectivity index (χ2n) is 8.47. The minimum Gasteiger partial charge on any atom is -0.493 e. The Balaban J connectivity index is 1.75. The lowest BCUT2D eigenvalue weighted by atomic mass is 10.1. The van der Waals surface area contributed by atoms with Crippen LogP contribution in [-0.2, 0) is 20.8 Å². The monoisotopic (exact) mass is 605 g/mol. The van der Waals surface area contributed by atoms with Crippen molar-refractivity contribution in [1.82, 2.24) is 4.98 Å². The molecule has 41 heavy (non-hydrogen) atoms. The number of nitriles is 1. The van der Waals surface area contributed by atoms with Crippen LogP contribution in [0.2, 0.25) is 0 Å². The van der Waals surface area contributed by atoms with Gasteiger partial charge < -0.3 is 14.2 Å². The minimum absolute atomic E-state index is 0.0219. The van der Waals surface area contributed by atoms with Gasteiger partial charge in [-0.3, -0.25) is 10.1 Å². The molecule has 3 aromatic carbocycles. The van der Waals surface area contributed by atoms with Crippen LogP contribution in [0, 0.1) is 11.3 Å². The number of thiazole rings is 1. The van der Waals surface area contributed by atoms with Gasteiger partial charge in [-0.1, -0.05) is 30.4 Å². The van der Waals surface area contributed by atoms with Crippen LogP contribution in [0.5, 0.6) is 17.2 Å². The summed E-state index contributed by atoms with van der Waals surface area (Å²) in [5.74, 6) is -0.885. The number of carbonyl (C=O) groups excluding carboxylic acids is 1. The number of halogens is 3. The summed E-state index contributed by atoms with van der Waals surface area (Å²) >= 11 is 1.08. The zero-order chi connectivity index (χ0) is 29.9. The number of anilines is 1. The predicted molar refractivity (Wildman–Crippen MR) is 145 cm³/mol. The average molecular weight is 606 g/mol. The highest BCUT2D eigenvalue weighted by Gasteiger charge is 2.36. The Hall–Kier alpha value is -4.35. The smallest absolute Gasteiger partial charge is 0.420 e. The van der Waals surface area contributed by atoms with Gasteiger partial charge >= 0.3 is 6.18 Å². The number of sulfone groups is 1. The molecule has 1 unspecified atom stereocenters. The molecule has 0 aliphatic rings. The molecule has 0 saturated carbocycles. The molecule has 1 amide bonds. The van der Waals surface area contributed by atoms with Crippen LogP contribution in [-0.4, -0.2) is 39.3 Å². The highest BCUT2D eigenvalue weighted by molar-refractivity contribution is 7.91. The van der Waals surface area contributed by atoms with Crippen molar-refractivity contribution in [3.05, 3.63) is 71.3 Å². The van der Waals surface area contributed by atoms with E-state index in [2.05, 4.69) is 10.3 Å². The molecule has 1 aromatic heterocycles. The van der Waals surface area contributed by atoms with Crippen LogP contribution < -0.4 is 19.5 Å². The molecule has 0 aliphatic carbocycles. The highest BCUT2D eigenvalue weighted by atomic mass is 32.2. The number of hydrogen-bond acceptors (Lipinski definition) is 9. The van der Waals surface area contributed by atoms with E-state index in [-0.39, 0.29) is 26.9 Å². The summed E-state index contributed by atoms with van der Waals surface area (Å²) in [7, 11) is -0.661. The van der Waals surface area contributed by atoms with Gasteiger partial charge in [-0.15, -0.1) is 0 Å². The van der Waals surface area contributed by atoms with Gasteiger partial charge in [0.05, 0.1) is 52.3 Å². The van der Waals surface area contributed by atoms with Crippen LogP contribution >= 0.6 is 11.3 Å². The standard InChI is InChI=1S/C27H22F3N3O6S2/c1-4-41(35,36)17-8-6-16(7-9-17)24(39-20-10-5-15(14-31)11-18(20)27(28,29)30)25(34)33-26-32-19-12-21(37-2)22(38-3)13-23(19)40-26/h5-13,24H,4H2,1-3H3,(H,32,33,34). The van der Waals surface area contributed by atoms with Gasteiger partial charge in [0.25, 0.3) is 5.91 Å². The van der Waals surface area contributed by atoms with Gasteiger partial charge in [0, 0.05) is 17.7 Å². The topological polar surface area (TPSA) is 128 Å². The Morgan fingerprint density at radius 3 is 2.29 bits per heavy atom. The van der Waals surface area contributed by atoms with Gasteiger partial charge in [0.2, 0.25) is 6.10 Å². The van der Waals surface area contributed by atoms with E-state index >= 15 is 0 Å². The predicted octanol–water partition coefficient (Wildman–Crippen LogP) is 5.76. The molecule has 0 fully saturated rings. The van der Waals surface area contributed by atoms with Crippen molar-refractivity contribution in [2.75, 3.05) is 25.3 Å². The molecule has 214 valence electrons. The number of carbonyl (C=O) groups is 1. The van der Waals surface area contributed by atoms with Crippen LogP contribution in [0.1, 0.15) is 29.7 Å².